The van der Waals surface area contributed by atoms with Gasteiger partial charge in [-0.2, -0.15) is 0 Å². The lowest BCUT2D eigenvalue weighted by molar-refractivity contribution is -0.146. The predicted molar refractivity (Wildman–Crippen MR) is 324 cm³/mol. The Morgan fingerprint density at radius 2 is 1.08 bits per heavy atom. The molecule has 13 rings (SSSR count). The van der Waals surface area contributed by atoms with Crippen molar-refractivity contribution in [2.45, 2.75) is 54.8 Å². The SMILES string of the molecule is COC(=O)C1NC(=O)[C@H]2NC(=O)[C@H](NC(=O)[C@@H]3NC(=O)C4NC(=O)[C@@H](Cc5ccc(c(Cl)c5)Oc5cc3cc(c5O)Oc3ccc(cc3Cl)[C@H]2O)NC(=O)[C@@H](N)c2ccc(OC)c(c2)Oc2cc(OC)cc4c2)c2ccc(OC)c(c2)-c2c(OC)cc(OC)cc21. The van der Waals surface area contributed by atoms with E-state index in [1.807, 2.05) is 0 Å². The number of halogens is 2. The van der Waals surface area contributed by atoms with E-state index in [2.05, 4.69) is 31.9 Å². The Kier molecular flexibility index (Phi) is 17.5. The van der Waals surface area contributed by atoms with Gasteiger partial charge in [0.15, 0.2) is 29.0 Å². The van der Waals surface area contributed by atoms with E-state index in [9.17, 15) is 19.8 Å². The molecule has 6 aliphatic heterocycles. The summed E-state index contributed by atoms with van der Waals surface area (Å²) in [6.45, 7) is 0. The van der Waals surface area contributed by atoms with Crippen molar-refractivity contribution >= 4 is 64.6 Å². The van der Waals surface area contributed by atoms with Crippen molar-refractivity contribution in [1.82, 2.24) is 31.9 Å². The molecule has 0 aromatic heterocycles. The largest absolute Gasteiger partial charge is 0.502 e. The molecule has 0 saturated heterocycles. The molecule has 470 valence electrons. The van der Waals surface area contributed by atoms with E-state index in [0.717, 1.165) is 7.11 Å². The Hall–Kier alpha value is -10.5. The monoisotopic (exact) mass is 1280 g/mol. The summed E-state index contributed by atoms with van der Waals surface area (Å²) in [7, 11) is 7.88. The van der Waals surface area contributed by atoms with Gasteiger partial charge in [-0.3, -0.25) is 28.8 Å². The molecule has 7 aromatic rings. The van der Waals surface area contributed by atoms with Crippen LogP contribution in [0.25, 0.3) is 11.1 Å². The van der Waals surface area contributed by atoms with Crippen molar-refractivity contribution in [2.75, 3.05) is 42.7 Å². The number of carbonyl (C=O) groups is 7. The second-order valence-corrected chi connectivity index (χ2v) is 22.0. The number of amides is 6. The van der Waals surface area contributed by atoms with E-state index < -0.39 is 107 Å². The molecule has 27 heteroatoms. The maximum atomic E-state index is 16.0. The summed E-state index contributed by atoms with van der Waals surface area (Å²) in [6, 6.07) is 14.2. The van der Waals surface area contributed by atoms with Crippen LogP contribution < -0.4 is 75.5 Å². The Balaban J connectivity index is 1.16. The van der Waals surface area contributed by atoms with Gasteiger partial charge >= 0.3 is 5.97 Å². The predicted octanol–water partition coefficient (Wildman–Crippen LogP) is 6.59. The number of nitrogens with one attached hydrogen (secondary N) is 6. The van der Waals surface area contributed by atoms with Crippen LogP contribution >= 0.6 is 23.2 Å². The lowest BCUT2D eigenvalue weighted by Gasteiger charge is -2.31. The number of rotatable bonds is 6. The van der Waals surface area contributed by atoms with Crippen LogP contribution in [0.15, 0.2) is 115 Å². The van der Waals surface area contributed by atoms with Crippen LogP contribution in [-0.2, 0) is 44.7 Å². The zero-order valence-corrected chi connectivity index (χ0v) is 50.6. The molecule has 10 N–H and O–H groups in total. The van der Waals surface area contributed by atoms with E-state index in [-0.39, 0.29) is 113 Å². The first-order valence-corrected chi connectivity index (χ1v) is 28.6. The summed E-state index contributed by atoms with van der Waals surface area (Å²) in [4.78, 5) is 106. The standard InChI is InChI=1S/C64H57Cl2N7O18/c1-83-33-17-31-18-35(24-33)89-45-21-28(8-14-44(45)86-4)50(67)59(77)68-40-16-27-7-11-42(38(65)15-27)90-47-22-32-23-48(57(47)75)91-43-13-10-30(20-39(43)66)56(74)55-63(81)72-54(64(82)88-6)37-25-34(84-2)26-46(87-5)49(37)36-19-29(9-12-41(36)85-3)51(60(78)73-55)70-62(80)53(32)71-61(79)52(31)69-58(40)76/h7-15,17-26,40,50-56,74-75H,16,67H2,1-6H3,(H,68,77)(H,69,76)(H,70,80)(H,71,79)(H,72,81)(H,73,78)/t40-,50+,51-,52?,53-,54?,55+,56-/m1/s1. The molecule has 0 saturated carbocycles. The maximum Gasteiger partial charge on any atom is 0.333 e. The second-order valence-electron chi connectivity index (χ2n) is 21.2. The van der Waals surface area contributed by atoms with Gasteiger partial charge in [0.05, 0.1) is 52.7 Å². The Morgan fingerprint density at radius 1 is 0.505 bits per heavy atom. The molecular weight excluding hydrogens is 1230 g/mol. The van der Waals surface area contributed by atoms with Crippen molar-refractivity contribution in [3.8, 4) is 80.1 Å². The van der Waals surface area contributed by atoms with Gasteiger partial charge in [0.2, 0.25) is 41.2 Å². The molecule has 0 fully saturated rings. The number of carbonyl (C=O) groups excluding carboxylic acids is 7. The number of aliphatic hydroxyl groups excluding tert-OH is 1. The first-order chi connectivity index (χ1) is 43.7. The Labute approximate surface area is 528 Å². The van der Waals surface area contributed by atoms with E-state index in [4.69, 9.17) is 71.6 Å². The van der Waals surface area contributed by atoms with Crippen LogP contribution in [0.1, 0.15) is 75.3 Å². The van der Waals surface area contributed by atoms with E-state index in [1.165, 1.54) is 145 Å². The average molecular weight is 1280 g/mol. The van der Waals surface area contributed by atoms with Crippen LogP contribution in [0.3, 0.4) is 0 Å². The van der Waals surface area contributed by atoms with Gasteiger partial charge in [0, 0.05) is 35.2 Å². The number of methoxy groups -OCH3 is 6. The lowest BCUT2D eigenvalue weighted by atomic mass is 9.89. The van der Waals surface area contributed by atoms with Crippen LogP contribution in [0.4, 0.5) is 0 Å². The molecule has 6 aliphatic rings. The number of nitrogens with two attached hydrogens (primary N) is 1. The molecule has 8 atom stereocenters. The number of fused-ring (bicyclic) bond motifs is 14. The fourth-order valence-electron chi connectivity index (χ4n) is 11.0. The fraction of sp³-hybridized carbons (Fsp3) is 0.234. The molecule has 0 aliphatic carbocycles. The average Bonchev–Trinajstić information content (AvgIpc) is 1.45. The highest BCUT2D eigenvalue weighted by Crippen LogP contribution is 2.49. The second kappa shape index (κ2) is 25.6. The van der Waals surface area contributed by atoms with Gasteiger partial charge in [-0.25, -0.2) is 4.79 Å². The summed E-state index contributed by atoms with van der Waals surface area (Å²) in [6.07, 6.45) is -2.27. The molecule has 6 heterocycles. The summed E-state index contributed by atoms with van der Waals surface area (Å²) in [5.41, 5.74) is 7.16. The molecule has 17 bridgehead atoms. The summed E-state index contributed by atoms with van der Waals surface area (Å²) in [5.74, 6) is -8.42. The highest BCUT2D eigenvalue weighted by atomic mass is 35.5. The van der Waals surface area contributed by atoms with Crippen molar-refractivity contribution in [3.63, 3.8) is 0 Å². The van der Waals surface area contributed by atoms with Gasteiger partial charge in [0.25, 0.3) is 0 Å². The van der Waals surface area contributed by atoms with Gasteiger partial charge < -0.3 is 90.5 Å². The number of ether oxygens (including phenoxy) is 9. The topological polar surface area (TPSA) is 341 Å². The summed E-state index contributed by atoms with van der Waals surface area (Å²) in [5, 5.41) is 40.5. The minimum absolute atomic E-state index is 0.0109. The van der Waals surface area contributed by atoms with Crippen molar-refractivity contribution in [3.05, 3.63) is 164 Å². The van der Waals surface area contributed by atoms with Crippen LogP contribution in [0, 0.1) is 0 Å². The molecular formula is C64H57Cl2N7O18. The number of aliphatic hydroxyl groups is 1. The fourth-order valence-corrected chi connectivity index (χ4v) is 11.5. The van der Waals surface area contributed by atoms with Crippen molar-refractivity contribution in [1.29, 1.82) is 0 Å². The van der Waals surface area contributed by atoms with Crippen LogP contribution in [-0.4, -0.2) is 106 Å². The molecule has 91 heavy (non-hydrogen) atoms. The zero-order chi connectivity index (χ0) is 64.7. The molecule has 25 nitrogen and oxygen atoms in total. The molecule has 0 radical (unpaired) electrons. The molecule has 6 amide bonds. The van der Waals surface area contributed by atoms with E-state index in [1.54, 1.807) is 6.07 Å². The molecule has 7 aromatic carbocycles. The minimum Gasteiger partial charge on any atom is -0.502 e. The van der Waals surface area contributed by atoms with Gasteiger partial charge in [0.1, 0.15) is 82.6 Å². The van der Waals surface area contributed by atoms with Gasteiger partial charge in [-0.1, -0.05) is 47.5 Å². The van der Waals surface area contributed by atoms with E-state index >= 15 is 24.0 Å². The minimum atomic E-state index is -2.05. The van der Waals surface area contributed by atoms with Crippen molar-refractivity contribution in [2.24, 2.45) is 5.73 Å². The third-order valence-corrected chi connectivity index (χ3v) is 16.3. The number of phenols is 1. The molecule has 2 unspecified atom stereocenters. The maximum absolute atomic E-state index is 16.0. The molecule has 0 spiro atoms. The third-order valence-electron chi connectivity index (χ3n) is 15.7. The van der Waals surface area contributed by atoms with Crippen molar-refractivity contribution < 1.29 is 86.4 Å². The van der Waals surface area contributed by atoms with Crippen LogP contribution in [0.2, 0.25) is 10.0 Å². The Morgan fingerprint density at radius 3 is 1.71 bits per heavy atom. The number of esters is 1. The summed E-state index contributed by atoms with van der Waals surface area (Å²) >= 11 is 13.9. The number of benzene rings is 7. The summed E-state index contributed by atoms with van der Waals surface area (Å²) < 4.78 is 53.0. The third kappa shape index (κ3) is 12.3. The van der Waals surface area contributed by atoms with Gasteiger partial charge in [-0.15, -0.1) is 0 Å². The zero-order valence-electron chi connectivity index (χ0n) is 49.1. The quantitative estimate of drug-likeness (QED) is 0.0793. The smallest absolute Gasteiger partial charge is 0.333 e. The number of hydrogen-bond donors (Lipinski definition) is 9. The first-order valence-electron chi connectivity index (χ1n) is 27.8. The number of hydrogen-bond acceptors (Lipinski definition) is 19. The number of phenolic OH excluding ortho intramolecular Hbond substituents is 1. The highest BCUT2D eigenvalue weighted by Gasteiger charge is 2.42. The normalized spacial score (nSPS) is 21.2. The van der Waals surface area contributed by atoms with Gasteiger partial charge in [-0.05, 0) is 112 Å². The lowest BCUT2D eigenvalue weighted by Crippen LogP contribution is -2.55. The van der Waals surface area contributed by atoms with Crippen LogP contribution in [0.5, 0.6) is 69.0 Å². The Bertz CT molecular complexity index is 4150. The number of aromatic hydroxyl groups is 1. The first kappa shape index (κ1) is 62.1. The van der Waals surface area contributed by atoms with E-state index in [0.29, 0.717) is 5.56 Å². The highest BCUT2D eigenvalue weighted by molar-refractivity contribution is 6.32.